The third-order valence-corrected chi connectivity index (χ3v) is 8.12. The molecule has 2 bridgehead atoms. The molecule has 0 amide bonds. The van der Waals surface area contributed by atoms with Gasteiger partial charge in [-0.2, -0.15) is 9.61 Å². The molecule has 192 valence electrons. The third-order valence-electron chi connectivity index (χ3n) is 8.12. The number of hydrogen-bond acceptors (Lipinski definition) is 5. The van der Waals surface area contributed by atoms with E-state index in [-0.39, 0.29) is 6.04 Å². The van der Waals surface area contributed by atoms with Gasteiger partial charge in [0, 0.05) is 57.1 Å². The van der Waals surface area contributed by atoms with Crippen molar-refractivity contribution in [2.24, 2.45) is 0 Å². The predicted molar refractivity (Wildman–Crippen MR) is 151 cm³/mol. The fourth-order valence-electron chi connectivity index (χ4n) is 5.88. The number of aryl methyl sites for hydroxylation is 2. The molecule has 3 aromatic rings. The highest BCUT2D eigenvalue weighted by atomic mass is 15.4. The maximum absolute atomic E-state index is 5.16. The Kier molecular flexibility index (Phi) is 7.22. The molecule has 4 heterocycles. The van der Waals surface area contributed by atoms with Crippen molar-refractivity contribution in [1.82, 2.24) is 19.5 Å². The zero-order valence-corrected chi connectivity index (χ0v) is 22.6. The number of aromatic nitrogens is 3. The summed E-state index contributed by atoms with van der Waals surface area (Å²) in [5.74, 6) is 2.22. The number of nitrogens with zero attached hydrogens (tertiary/aromatic N) is 6. The van der Waals surface area contributed by atoms with E-state index < -0.39 is 0 Å². The Bertz CT molecular complexity index is 1220. The van der Waals surface area contributed by atoms with Crippen LogP contribution in [0.5, 0.6) is 0 Å². The molecule has 2 aromatic heterocycles. The van der Waals surface area contributed by atoms with Gasteiger partial charge in [-0.1, -0.05) is 44.0 Å². The first kappa shape index (κ1) is 24.7. The lowest BCUT2D eigenvalue weighted by Crippen LogP contribution is -2.25. The first-order valence-corrected chi connectivity index (χ1v) is 13.8. The second kappa shape index (κ2) is 10.5. The molecule has 0 spiro atoms. The highest BCUT2D eigenvalue weighted by molar-refractivity contribution is 5.66. The van der Waals surface area contributed by atoms with Crippen molar-refractivity contribution < 1.29 is 0 Å². The number of hydrogen-bond donors (Lipinski definition) is 0. The van der Waals surface area contributed by atoms with Crippen LogP contribution in [0.25, 0.3) is 11.3 Å². The Balaban J connectivity index is 1.60. The lowest BCUT2D eigenvalue weighted by Gasteiger charge is -2.31. The molecule has 2 aliphatic rings. The van der Waals surface area contributed by atoms with E-state index in [0.717, 1.165) is 61.1 Å². The molecule has 1 saturated heterocycles. The van der Waals surface area contributed by atoms with Crippen molar-refractivity contribution in [3.05, 3.63) is 59.3 Å². The van der Waals surface area contributed by atoms with Crippen LogP contribution in [0.4, 0.5) is 11.6 Å². The van der Waals surface area contributed by atoms with Crippen molar-refractivity contribution in [2.75, 3.05) is 43.5 Å². The van der Waals surface area contributed by atoms with E-state index in [1.165, 1.54) is 55.2 Å². The van der Waals surface area contributed by atoms with Crippen LogP contribution in [-0.2, 0) is 6.42 Å². The van der Waals surface area contributed by atoms with Crippen LogP contribution in [0.1, 0.15) is 80.3 Å². The molecule has 0 aliphatic carbocycles. The number of benzene rings is 1. The first-order chi connectivity index (χ1) is 17.5. The molecule has 2 aliphatic heterocycles. The molecular formula is C30H42N6. The molecule has 1 fully saturated rings. The van der Waals surface area contributed by atoms with Gasteiger partial charge in [-0.3, -0.25) is 0 Å². The minimum atomic E-state index is 0.133. The van der Waals surface area contributed by atoms with Gasteiger partial charge in [0.25, 0.3) is 0 Å². The van der Waals surface area contributed by atoms with Crippen LogP contribution in [0.15, 0.2) is 36.9 Å². The summed E-state index contributed by atoms with van der Waals surface area (Å²) >= 11 is 0. The van der Waals surface area contributed by atoms with Crippen LogP contribution >= 0.6 is 0 Å². The molecule has 1 aromatic carbocycles. The van der Waals surface area contributed by atoms with Crippen molar-refractivity contribution >= 4 is 23.0 Å². The largest absolute Gasteiger partial charge is 0.366 e. The summed E-state index contributed by atoms with van der Waals surface area (Å²) in [5.41, 5.74) is 7.04. The maximum atomic E-state index is 5.16. The first-order valence-electron chi connectivity index (χ1n) is 13.8. The van der Waals surface area contributed by atoms with Crippen molar-refractivity contribution in [3.63, 3.8) is 0 Å². The summed E-state index contributed by atoms with van der Waals surface area (Å²) in [6.45, 7) is 12.2. The molecule has 0 radical (unpaired) electrons. The Morgan fingerprint density at radius 2 is 1.69 bits per heavy atom. The van der Waals surface area contributed by atoms with Crippen molar-refractivity contribution in [3.8, 4) is 0 Å². The van der Waals surface area contributed by atoms with Crippen LogP contribution in [0, 0.1) is 6.92 Å². The van der Waals surface area contributed by atoms with Crippen LogP contribution in [-0.4, -0.2) is 53.2 Å². The molecule has 6 heteroatoms. The van der Waals surface area contributed by atoms with E-state index in [1.807, 2.05) is 0 Å². The lowest BCUT2D eigenvalue weighted by atomic mass is 9.96. The van der Waals surface area contributed by atoms with Gasteiger partial charge in [-0.15, -0.1) is 0 Å². The van der Waals surface area contributed by atoms with E-state index in [4.69, 9.17) is 10.1 Å². The molecule has 1 unspecified atom stereocenters. The summed E-state index contributed by atoms with van der Waals surface area (Å²) in [6.07, 6.45) is 9.42. The number of fused-ring (bicyclic) bond motifs is 2. The highest BCUT2D eigenvalue weighted by Crippen LogP contribution is 2.34. The lowest BCUT2D eigenvalue weighted by molar-refractivity contribution is 0.338. The normalized spacial score (nSPS) is 19.9. The topological polar surface area (TPSA) is 39.9 Å². The molecular weight excluding hydrogens is 444 g/mol. The van der Waals surface area contributed by atoms with E-state index in [0.29, 0.717) is 0 Å². The Morgan fingerprint density at radius 1 is 0.944 bits per heavy atom. The van der Waals surface area contributed by atoms with E-state index in [2.05, 4.69) is 84.1 Å². The smallest absolute Gasteiger partial charge is 0.160 e. The van der Waals surface area contributed by atoms with Gasteiger partial charge >= 0.3 is 0 Å². The minimum absolute atomic E-state index is 0.133. The van der Waals surface area contributed by atoms with E-state index >= 15 is 0 Å². The van der Waals surface area contributed by atoms with E-state index in [9.17, 15) is 0 Å². The molecule has 0 saturated carbocycles. The average Bonchev–Trinajstić information content (AvgIpc) is 3.55. The molecule has 6 nitrogen and oxygen atoms in total. The summed E-state index contributed by atoms with van der Waals surface area (Å²) in [7, 11) is 4.38. The average molecular weight is 487 g/mol. The SMILES string of the molecule is C=C1c2cc(C)ccc2CCCCCCN(C)c2cc(N3CCCC3)nc3cc(nn23)C(CC)N1C. The third kappa shape index (κ3) is 4.82. The fourth-order valence-corrected chi connectivity index (χ4v) is 5.88. The highest BCUT2D eigenvalue weighted by Gasteiger charge is 2.25. The number of rotatable bonds is 2. The fraction of sp³-hybridized carbons (Fsp3) is 0.533. The Morgan fingerprint density at radius 3 is 2.47 bits per heavy atom. The molecule has 0 N–H and O–H groups in total. The van der Waals surface area contributed by atoms with Gasteiger partial charge in [-0.05, 0) is 57.1 Å². The monoisotopic (exact) mass is 486 g/mol. The number of anilines is 2. The molecule has 1 atom stereocenters. The van der Waals surface area contributed by atoms with Gasteiger partial charge in [-0.25, -0.2) is 4.98 Å². The summed E-state index contributed by atoms with van der Waals surface area (Å²) < 4.78 is 2.07. The second-order valence-electron chi connectivity index (χ2n) is 10.7. The van der Waals surface area contributed by atoms with Gasteiger partial charge in [0.15, 0.2) is 5.65 Å². The van der Waals surface area contributed by atoms with Gasteiger partial charge in [0.1, 0.15) is 11.6 Å². The summed E-state index contributed by atoms with van der Waals surface area (Å²) in [4.78, 5) is 12.2. The zero-order valence-electron chi connectivity index (χ0n) is 22.6. The summed E-state index contributed by atoms with van der Waals surface area (Å²) in [6, 6.07) is 11.4. The van der Waals surface area contributed by atoms with Crippen LogP contribution in [0.3, 0.4) is 0 Å². The maximum Gasteiger partial charge on any atom is 0.160 e. The quantitative estimate of drug-likeness (QED) is 0.428. The molecule has 5 rings (SSSR count). The molecule has 36 heavy (non-hydrogen) atoms. The second-order valence-corrected chi connectivity index (χ2v) is 10.7. The standard InChI is InChI=1S/C30H42N6/c1-6-27-26-20-29-31-28(35-17-11-12-18-35)21-30(36(29)32-26)33(4)16-10-8-7-9-13-24-15-14-22(2)19-25(24)23(3)34(27)5/h14-15,19-21,27H,3,6-13,16-18H2,1-2,4-5H3. The van der Waals surface area contributed by atoms with E-state index in [1.54, 1.807) is 0 Å². The predicted octanol–water partition coefficient (Wildman–Crippen LogP) is 6.24. The van der Waals surface area contributed by atoms with Gasteiger partial charge in [0.2, 0.25) is 0 Å². The Hall–Kier alpha value is -3.02. The van der Waals surface area contributed by atoms with Crippen molar-refractivity contribution in [2.45, 2.75) is 71.3 Å². The minimum Gasteiger partial charge on any atom is -0.366 e. The van der Waals surface area contributed by atoms with Gasteiger partial charge < -0.3 is 14.7 Å². The zero-order chi connectivity index (χ0) is 25.2. The van der Waals surface area contributed by atoms with Crippen LogP contribution in [0.2, 0.25) is 0 Å². The van der Waals surface area contributed by atoms with Crippen LogP contribution < -0.4 is 9.80 Å². The summed E-state index contributed by atoms with van der Waals surface area (Å²) in [5, 5.41) is 5.16. The Labute approximate surface area is 216 Å². The van der Waals surface area contributed by atoms with Gasteiger partial charge in [0.05, 0.1) is 11.7 Å². The van der Waals surface area contributed by atoms with Crippen molar-refractivity contribution in [1.29, 1.82) is 0 Å².